The van der Waals surface area contributed by atoms with Crippen LogP contribution in [0.3, 0.4) is 0 Å². The zero-order chi connectivity index (χ0) is 14.8. The molecule has 3 aromatic rings. The molecule has 2 N–H and O–H groups in total. The van der Waals surface area contributed by atoms with E-state index in [1.54, 1.807) is 23.6 Å². The number of hydrogen-bond donors (Lipinski definition) is 2. The fourth-order valence-corrected chi connectivity index (χ4v) is 2.78. The van der Waals surface area contributed by atoms with Crippen molar-refractivity contribution in [3.8, 4) is 0 Å². The minimum atomic E-state index is -1.10. The van der Waals surface area contributed by atoms with E-state index >= 15 is 0 Å². The van der Waals surface area contributed by atoms with E-state index in [0.29, 0.717) is 17.7 Å². The fourth-order valence-electron chi connectivity index (χ4n) is 2.04. The molecule has 1 aromatic carbocycles. The van der Waals surface area contributed by atoms with E-state index in [0.717, 1.165) is 15.3 Å². The summed E-state index contributed by atoms with van der Waals surface area (Å²) in [5, 5.41) is 21.9. The molecule has 0 unspecified atom stereocenters. The van der Waals surface area contributed by atoms with Crippen molar-refractivity contribution >= 4 is 33.9 Å². The number of aryl methyl sites for hydroxylation is 1. The number of carboxylic acids is 1. The van der Waals surface area contributed by atoms with E-state index in [9.17, 15) is 9.90 Å². The van der Waals surface area contributed by atoms with E-state index in [1.165, 1.54) is 0 Å². The van der Waals surface area contributed by atoms with Crippen LogP contribution in [0.2, 0.25) is 0 Å². The van der Waals surface area contributed by atoms with E-state index < -0.39 is 5.97 Å². The van der Waals surface area contributed by atoms with Crippen molar-refractivity contribution in [3.63, 3.8) is 0 Å². The number of aromatic carboxylic acids is 1. The number of nitrogens with zero attached hydrogens (tertiary/aromatic N) is 3. The highest BCUT2D eigenvalue weighted by atomic mass is 32.1. The first-order valence-electron chi connectivity index (χ1n) is 6.29. The van der Waals surface area contributed by atoms with Gasteiger partial charge in [-0.15, -0.1) is 21.5 Å². The molecule has 0 aliphatic carbocycles. The Morgan fingerprint density at radius 1 is 1.33 bits per heavy atom. The first kappa shape index (κ1) is 13.4. The van der Waals surface area contributed by atoms with Crippen LogP contribution in [0.25, 0.3) is 10.9 Å². The third-order valence-electron chi connectivity index (χ3n) is 2.98. The van der Waals surface area contributed by atoms with Crippen LogP contribution in [0, 0.1) is 6.92 Å². The summed E-state index contributed by atoms with van der Waals surface area (Å²) >= 11 is 1.57. The summed E-state index contributed by atoms with van der Waals surface area (Å²) in [6.45, 7) is 2.43. The zero-order valence-electron chi connectivity index (χ0n) is 11.2. The van der Waals surface area contributed by atoms with Crippen molar-refractivity contribution in [3.05, 3.63) is 46.0 Å². The van der Waals surface area contributed by atoms with Gasteiger partial charge in [-0.05, 0) is 13.0 Å². The molecule has 0 atom stereocenters. The van der Waals surface area contributed by atoms with Crippen LogP contribution < -0.4 is 5.32 Å². The highest BCUT2D eigenvalue weighted by Crippen LogP contribution is 2.25. The molecule has 0 bridgehead atoms. The van der Waals surface area contributed by atoms with Crippen LogP contribution in [0.15, 0.2) is 30.5 Å². The molecule has 0 radical (unpaired) electrons. The van der Waals surface area contributed by atoms with Gasteiger partial charge < -0.3 is 10.4 Å². The average Bonchev–Trinajstić information content (AvgIpc) is 2.90. The molecule has 2 aromatic heterocycles. The molecule has 3 rings (SSSR count). The lowest BCUT2D eigenvalue weighted by atomic mass is 10.1. The van der Waals surface area contributed by atoms with Gasteiger partial charge in [-0.3, -0.25) is 0 Å². The minimum absolute atomic E-state index is 0.0741. The number of nitrogens with one attached hydrogen (secondary N) is 1. The van der Waals surface area contributed by atoms with Crippen LogP contribution in [0.1, 0.15) is 20.4 Å². The molecule has 0 aliphatic rings. The smallest absolute Gasteiger partial charge is 0.358 e. The molecule has 0 aliphatic heterocycles. The maximum Gasteiger partial charge on any atom is 0.358 e. The largest absolute Gasteiger partial charge is 0.476 e. The van der Waals surface area contributed by atoms with Crippen LogP contribution in [0.4, 0.5) is 5.69 Å². The Kier molecular flexibility index (Phi) is 3.49. The number of fused-ring (bicyclic) bond motifs is 1. The maximum atomic E-state index is 11.3. The van der Waals surface area contributed by atoms with E-state index in [2.05, 4.69) is 20.5 Å². The first-order chi connectivity index (χ1) is 10.1. The Labute approximate surface area is 124 Å². The normalized spacial score (nSPS) is 10.7. The molecule has 0 saturated carbocycles. The molecule has 7 heteroatoms. The highest BCUT2D eigenvalue weighted by molar-refractivity contribution is 7.11. The summed E-state index contributed by atoms with van der Waals surface area (Å²) in [6.07, 6.45) is 1.78. The van der Waals surface area contributed by atoms with Gasteiger partial charge in [0, 0.05) is 16.5 Å². The molecule has 0 spiro atoms. The Morgan fingerprint density at radius 3 is 2.86 bits per heavy atom. The monoisotopic (exact) mass is 300 g/mol. The number of aromatic nitrogens is 3. The molecule has 2 heterocycles. The topological polar surface area (TPSA) is 88.0 Å². The summed E-state index contributed by atoms with van der Waals surface area (Å²) < 4.78 is 0. The van der Waals surface area contributed by atoms with Gasteiger partial charge in [0.1, 0.15) is 0 Å². The van der Waals surface area contributed by atoms with E-state index in [4.69, 9.17) is 0 Å². The van der Waals surface area contributed by atoms with Crippen molar-refractivity contribution in [2.45, 2.75) is 13.5 Å². The summed E-state index contributed by atoms with van der Waals surface area (Å²) in [5.74, 6) is -1.10. The van der Waals surface area contributed by atoms with Gasteiger partial charge in [-0.2, -0.15) is 0 Å². The Bertz CT molecular complexity index is 816. The quantitative estimate of drug-likeness (QED) is 0.770. The Hall–Kier alpha value is -2.54. The molecule has 0 amide bonds. The van der Waals surface area contributed by atoms with Gasteiger partial charge in [-0.25, -0.2) is 9.78 Å². The summed E-state index contributed by atoms with van der Waals surface area (Å²) in [6, 6.07) is 7.32. The fraction of sp³-hybridized carbons (Fsp3) is 0.143. The zero-order valence-corrected chi connectivity index (χ0v) is 12.0. The van der Waals surface area contributed by atoms with Gasteiger partial charge in [0.15, 0.2) is 5.69 Å². The second kappa shape index (κ2) is 5.45. The molecule has 0 fully saturated rings. The van der Waals surface area contributed by atoms with Crippen LogP contribution >= 0.6 is 11.3 Å². The molecule has 0 saturated heterocycles. The lowest BCUT2D eigenvalue weighted by Crippen LogP contribution is -2.10. The standard InChI is InChI=1S/C14H12N4O2S/c1-8-15-6-9(21-8)7-16-12-10-4-2-3-5-11(10)17-18-13(12)14(19)20/h2-6H,7H2,1H3,(H,16,17)(H,19,20). The number of benzene rings is 1. The maximum absolute atomic E-state index is 11.3. The van der Waals surface area contributed by atoms with Gasteiger partial charge in [-0.1, -0.05) is 18.2 Å². The number of anilines is 1. The van der Waals surface area contributed by atoms with Gasteiger partial charge >= 0.3 is 5.97 Å². The van der Waals surface area contributed by atoms with Crippen LogP contribution in [-0.2, 0) is 6.54 Å². The van der Waals surface area contributed by atoms with Crippen molar-refractivity contribution in [2.24, 2.45) is 0 Å². The lowest BCUT2D eigenvalue weighted by Gasteiger charge is -2.10. The van der Waals surface area contributed by atoms with Gasteiger partial charge in [0.05, 0.1) is 22.8 Å². The molecule has 6 nitrogen and oxygen atoms in total. The van der Waals surface area contributed by atoms with Crippen LogP contribution in [0.5, 0.6) is 0 Å². The lowest BCUT2D eigenvalue weighted by molar-refractivity contribution is 0.0690. The predicted octanol–water partition coefficient (Wildman–Crippen LogP) is 2.71. The van der Waals surface area contributed by atoms with E-state index in [1.807, 2.05) is 25.1 Å². The second-order valence-corrected chi connectivity index (χ2v) is 5.76. The highest BCUT2D eigenvalue weighted by Gasteiger charge is 2.16. The number of thiazole rings is 1. The average molecular weight is 300 g/mol. The van der Waals surface area contributed by atoms with Gasteiger partial charge in [0.2, 0.25) is 0 Å². The van der Waals surface area contributed by atoms with E-state index in [-0.39, 0.29) is 5.69 Å². The van der Waals surface area contributed by atoms with Crippen LogP contribution in [-0.4, -0.2) is 26.3 Å². The summed E-state index contributed by atoms with van der Waals surface area (Å²) in [7, 11) is 0. The SMILES string of the molecule is Cc1ncc(CNc2c(C(=O)O)nnc3ccccc23)s1. The number of carboxylic acid groups (broad SMARTS) is 1. The third kappa shape index (κ3) is 2.68. The molecule has 106 valence electrons. The number of rotatable bonds is 4. The first-order valence-corrected chi connectivity index (χ1v) is 7.10. The Morgan fingerprint density at radius 2 is 2.14 bits per heavy atom. The third-order valence-corrected chi connectivity index (χ3v) is 3.89. The van der Waals surface area contributed by atoms with Crippen molar-refractivity contribution < 1.29 is 9.90 Å². The molecular formula is C14H12N4O2S. The minimum Gasteiger partial charge on any atom is -0.476 e. The number of carbonyl (C=O) groups is 1. The molecule has 21 heavy (non-hydrogen) atoms. The number of hydrogen-bond acceptors (Lipinski definition) is 6. The van der Waals surface area contributed by atoms with Crippen molar-refractivity contribution in [1.82, 2.24) is 15.2 Å². The van der Waals surface area contributed by atoms with Crippen molar-refractivity contribution in [1.29, 1.82) is 0 Å². The summed E-state index contributed by atoms with van der Waals surface area (Å²) in [5.41, 5.74) is 1.07. The second-order valence-electron chi connectivity index (χ2n) is 4.45. The summed E-state index contributed by atoms with van der Waals surface area (Å²) in [4.78, 5) is 16.5. The van der Waals surface area contributed by atoms with Crippen molar-refractivity contribution in [2.75, 3.05) is 5.32 Å². The van der Waals surface area contributed by atoms with Gasteiger partial charge in [0.25, 0.3) is 0 Å². The Balaban J connectivity index is 2.01. The molecular weight excluding hydrogens is 288 g/mol. The predicted molar refractivity (Wildman–Crippen MR) is 80.7 cm³/mol.